The number of fused-ring (bicyclic) bond motifs is 2. The molecule has 2 atom stereocenters. The van der Waals surface area contributed by atoms with Crippen LogP contribution in [0.5, 0.6) is 5.75 Å². The molecule has 1 saturated carbocycles. The fourth-order valence-corrected chi connectivity index (χ4v) is 3.87. The highest BCUT2D eigenvalue weighted by atomic mass is 35.5. The Bertz CT molecular complexity index is 765. The van der Waals surface area contributed by atoms with Crippen LogP contribution in [0.1, 0.15) is 24.1 Å². The van der Waals surface area contributed by atoms with Crippen molar-refractivity contribution >= 4 is 17.5 Å². The maximum Gasteiger partial charge on any atom is 0.224 e. The van der Waals surface area contributed by atoms with E-state index in [-0.39, 0.29) is 17.2 Å². The maximum absolute atomic E-state index is 12.6. The van der Waals surface area contributed by atoms with E-state index in [1.54, 1.807) is 6.20 Å². The van der Waals surface area contributed by atoms with E-state index in [9.17, 15) is 4.79 Å². The van der Waals surface area contributed by atoms with Gasteiger partial charge >= 0.3 is 0 Å². The summed E-state index contributed by atoms with van der Waals surface area (Å²) < 4.78 is 5.72. The molecule has 1 fully saturated rings. The minimum atomic E-state index is -0.0897. The van der Waals surface area contributed by atoms with Crippen molar-refractivity contribution in [1.29, 1.82) is 0 Å². The molecule has 0 saturated heterocycles. The monoisotopic (exact) mass is 342 g/mol. The van der Waals surface area contributed by atoms with Crippen LogP contribution in [-0.2, 0) is 16.6 Å². The molecule has 1 N–H and O–H groups in total. The summed E-state index contributed by atoms with van der Waals surface area (Å²) in [7, 11) is 0. The first-order valence-electron chi connectivity index (χ1n) is 8.29. The van der Waals surface area contributed by atoms with E-state index in [2.05, 4.69) is 10.3 Å². The smallest absolute Gasteiger partial charge is 0.224 e. The number of benzene rings is 1. The first kappa shape index (κ1) is 15.5. The van der Waals surface area contributed by atoms with Crippen molar-refractivity contribution in [3.05, 3.63) is 58.9 Å². The van der Waals surface area contributed by atoms with Gasteiger partial charge in [0.25, 0.3) is 0 Å². The minimum absolute atomic E-state index is 0.0161. The van der Waals surface area contributed by atoms with Crippen molar-refractivity contribution in [1.82, 2.24) is 10.3 Å². The van der Waals surface area contributed by atoms with E-state index in [0.29, 0.717) is 18.2 Å². The van der Waals surface area contributed by atoms with Gasteiger partial charge in [0.05, 0.1) is 6.61 Å². The summed E-state index contributed by atoms with van der Waals surface area (Å²) >= 11 is 6.15. The van der Waals surface area contributed by atoms with E-state index in [1.165, 1.54) is 0 Å². The highest BCUT2D eigenvalue weighted by Gasteiger charge is 2.61. The lowest BCUT2D eigenvalue weighted by Gasteiger charge is -2.27. The van der Waals surface area contributed by atoms with Gasteiger partial charge in [0.2, 0.25) is 5.91 Å². The average Bonchev–Trinajstić information content (AvgIpc) is 3.32. The number of amides is 1. The molecule has 5 heteroatoms. The fraction of sp³-hybridized carbons (Fsp3) is 0.368. The Morgan fingerprint density at radius 3 is 3.12 bits per heavy atom. The molecule has 2 aliphatic rings. The third-order valence-corrected chi connectivity index (χ3v) is 5.32. The molecule has 0 bridgehead atoms. The number of nitrogens with zero attached hydrogens (tertiary/aromatic N) is 1. The largest absolute Gasteiger partial charge is 0.493 e. The number of rotatable bonds is 4. The predicted octanol–water partition coefficient (Wildman–Crippen LogP) is 3.13. The summed E-state index contributed by atoms with van der Waals surface area (Å²) in [6.45, 7) is 1.27. The number of halogens is 1. The molecule has 1 aliphatic carbocycles. The second kappa shape index (κ2) is 6.10. The molecular formula is C19H19ClN2O2. The number of hydrogen-bond acceptors (Lipinski definition) is 3. The van der Waals surface area contributed by atoms with Crippen LogP contribution >= 0.6 is 11.6 Å². The van der Waals surface area contributed by atoms with Crippen LogP contribution in [0, 0.1) is 5.92 Å². The Hall–Kier alpha value is -2.07. The summed E-state index contributed by atoms with van der Waals surface area (Å²) in [6.07, 6.45) is 4.27. The van der Waals surface area contributed by atoms with E-state index in [4.69, 9.17) is 16.3 Å². The third-order valence-electron chi connectivity index (χ3n) is 5.08. The maximum atomic E-state index is 12.6. The van der Waals surface area contributed by atoms with Crippen molar-refractivity contribution in [3.63, 3.8) is 0 Å². The summed E-state index contributed by atoms with van der Waals surface area (Å²) in [5, 5.41) is 3.75. The summed E-state index contributed by atoms with van der Waals surface area (Å²) in [5.41, 5.74) is 1.99. The molecule has 0 unspecified atom stereocenters. The van der Waals surface area contributed by atoms with Gasteiger partial charge in [-0.3, -0.25) is 9.78 Å². The van der Waals surface area contributed by atoms with Gasteiger partial charge in [-0.05, 0) is 43.2 Å². The molecule has 1 aliphatic heterocycles. The standard InChI is InChI=1S/C19H19ClN2O2/c20-13-4-5-17-15(11-13)19(7-10-24-17)12-16(19)18(23)22-9-6-14-3-1-2-8-21-14/h1-5,8,11,16H,6-7,9-10,12H2,(H,22,23)/t16-,19-/m0/s1. The summed E-state index contributed by atoms with van der Waals surface area (Å²) in [6, 6.07) is 11.5. The number of nitrogens with one attached hydrogen (secondary N) is 1. The van der Waals surface area contributed by atoms with Crippen LogP contribution in [0.25, 0.3) is 0 Å². The minimum Gasteiger partial charge on any atom is -0.493 e. The Balaban J connectivity index is 1.41. The third kappa shape index (κ3) is 2.75. The van der Waals surface area contributed by atoms with Crippen molar-refractivity contribution in [2.24, 2.45) is 5.92 Å². The lowest BCUT2D eigenvalue weighted by Crippen LogP contribution is -2.32. The van der Waals surface area contributed by atoms with Gasteiger partial charge in [-0.15, -0.1) is 0 Å². The van der Waals surface area contributed by atoms with Gasteiger partial charge in [-0.2, -0.15) is 0 Å². The van der Waals surface area contributed by atoms with E-state index in [1.807, 2.05) is 36.4 Å². The molecule has 24 heavy (non-hydrogen) atoms. The van der Waals surface area contributed by atoms with Gasteiger partial charge in [0.15, 0.2) is 0 Å². The van der Waals surface area contributed by atoms with Crippen LogP contribution in [0.4, 0.5) is 0 Å². The SMILES string of the molecule is O=C(NCCc1ccccn1)[C@@H]1C[C@]12CCOc1ccc(Cl)cc12. The zero-order valence-corrected chi connectivity index (χ0v) is 14.1. The number of pyridine rings is 1. The Morgan fingerprint density at radius 1 is 1.38 bits per heavy atom. The first-order valence-corrected chi connectivity index (χ1v) is 8.67. The topological polar surface area (TPSA) is 51.2 Å². The predicted molar refractivity (Wildman–Crippen MR) is 92.3 cm³/mol. The van der Waals surface area contributed by atoms with Crippen LogP contribution in [0.3, 0.4) is 0 Å². The number of aromatic nitrogens is 1. The molecule has 1 aromatic heterocycles. The van der Waals surface area contributed by atoms with E-state index in [0.717, 1.165) is 36.3 Å². The summed E-state index contributed by atoms with van der Waals surface area (Å²) in [5.74, 6) is 1.01. The fourth-order valence-electron chi connectivity index (χ4n) is 3.70. The lowest BCUT2D eigenvalue weighted by atomic mass is 9.87. The van der Waals surface area contributed by atoms with Gasteiger partial charge in [-0.25, -0.2) is 0 Å². The molecule has 2 aromatic rings. The molecule has 0 radical (unpaired) electrons. The van der Waals surface area contributed by atoms with Gasteiger partial charge < -0.3 is 10.1 Å². The van der Waals surface area contributed by atoms with Crippen LogP contribution in [0.2, 0.25) is 5.02 Å². The van der Waals surface area contributed by atoms with Crippen molar-refractivity contribution in [3.8, 4) is 5.75 Å². The number of carbonyl (C=O) groups is 1. The lowest BCUT2D eigenvalue weighted by molar-refractivity contribution is -0.122. The molecule has 4 rings (SSSR count). The zero-order valence-electron chi connectivity index (χ0n) is 13.3. The molecule has 1 amide bonds. The normalized spacial score (nSPS) is 24.1. The van der Waals surface area contributed by atoms with Crippen LogP contribution in [-0.4, -0.2) is 24.0 Å². The average molecular weight is 343 g/mol. The molecule has 4 nitrogen and oxygen atoms in total. The first-order chi connectivity index (χ1) is 11.7. The quantitative estimate of drug-likeness (QED) is 0.928. The van der Waals surface area contributed by atoms with Gasteiger partial charge in [0.1, 0.15) is 5.75 Å². The Morgan fingerprint density at radius 2 is 2.29 bits per heavy atom. The number of ether oxygens (including phenoxy) is 1. The second-order valence-corrected chi connectivity index (χ2v) is 6.95. The van der Waals surface area contributed by atoms with E-state index < -0.39 is 0 Å². The molecule has 124 valence electrons. The molecule has 1 spiro atoms. The van der Waals surface area contributed by atoms with Crippen LogP contribution in [0.15, 0.2) is 42.6 Å². The van der Waals surface area contributed by atoms with Crippen molar-refractivity contribution in [2.75, 3.05) is 13.2 Å². The number of hydrogen-bond donors (Lipinski definition) is 1. The van der Waals surface area contributed by atoms with Crippen molar-refractivity contribution < 1.29 is 9.53 Å². The number of carbonyl (C=O) groups excluding carboxylic acids is 1. The molecule has 1 aromatic carbocycles. The molecule has 2 heterocycles. The highest BCUT2D eigenvalue weighted by molar-refractivity contribution is 6.30. The highest BCUT2D eigenvalue weighted by Crippen LogP contribution is 2.61. The summed E-state index contributed by atoms with van der Waals surface area (Å²) in [4.78, 5) is 16.8. The Labute approximate surface area is 146 Å². The van der Waals surface area contributed by atoms with Crippen molar-refractivity contribution in [2.45, 2.75) is 24.7 Å². The van der Waals surface area contributed by atoms with Crippen LogP contribution < -0.4 is 10.1 Å². The van der Waals surface area contributed by atoms with Gasteiger partial charge in [0, 0.05) is 46.8 Å². The Kier molecular flexibility index (Phi) is 3.93. The molecular weight excluding hydrogens is 324 g/mol. The van der Waals surface area contributed by atoms with E-state index >= 15 is 0 Å². The zero-order chi connectivity index (χ0) is 16.6. The van der Waals surface area contributed by atoms with Gasteiger partial charge in [-0.1, -0.05) is 17.7 Å². The second-order valence-electron chi connectivity index (χ2n) is 6.51.